The first-order valence-corrected chi connectivity index (χ1v) is 6.28. The molecule has 0 aliphatic carbocycles. The van der Waals surface area contributed by atoms with Crippen LogP contribution >= 0.6 is 0 Å². The molecule has 3 N–H and O–H groups in total. The summed E-state index contributed by atoms with van der Waals surface area (Å²) in [6.07, 6.45) is 0.577. The van der Waals surface area contributed by atoms with Crippen LogP contribution in [-0.2, 0) is 4.79 Å². The average Bonchev–Trinajstić information content (AvgIpc) is 2.27. The number of rotatable bonds is 3. The zero-order valence-electron chi connectivity index (χ0n) is 11.5. The second-order valence-corrected chi connectivity index (χ2v) is 5.99. The number of hydrogen-bond donors (Lipinski definition) is 2. The minimum Gasteiger partial charge on any atom is -0.409 e. The Morgan fingerprint density at radius 3 is 2.28 bits per heavy atom. The van der Waals surface area contributed by atoms with E-state index < -0.39 is 0 Å². The van der Waals surface area contributed by atoms with E-state index >= 15 is 0 Å². The lowest BCUT2D eigenvalue weighted by molar-refractivity contribution is -0.134. The topological polar surface area (TPSA) is 82.2 Å². The number of oxime groups is 1. The lowest BCUT2D eigenvalue weighted by Crippen LogP contribution is -2.51. The minimum absolute atomic E-state index is 0.0300. The Balaban J connectivity index is 2.37. The average molecular weight is 256 g/mol. The smallest absolute Gasteiger partial charge is 0.223 e. The van der Waals surface area contributed by atoms with Crippen molar-refractivity contribution in [3.05, 3.63) is 0 Å². The number of carbonyl (C=O) groups excluding carboxylic acids is 1. The molecule has 6 heteroatoms. The Morgan fingerprint density at radius 2 is 1.83 bits per heavy atom. The molecule has 0 saturated carbocycles. The number of carbonyl (C=O) groups is 1. The molecule has 1 saturated heterocycles. The number of nitrogens with zero attached hydrogens (tertiary/aromatic N) is 3. The van der Waals surface area contributed by atoms with Crippen LogP contribution in [0.3, 0.4) is 0 Å². The van der Waals surface area contributed by atoms with Gasteiger partial charge in [0.15, 0.2) is 5.84 Å². The zero-order valence-corrected chi connectivity index (χ0v) is 11.5. The van der Waals surface area contributed by atoms with Gasteiger partial charge in [-0.1, -0.05) is 25.9 Å². The molecule has 1 amide bonds. The van der Waals surface area contributed by atoms with Crippen LogP contribution in [0.5, 0.6) is 0 Å². The summed E-state index contributed by atoms with van der Waals surface area (Å²) in [5.41, 5.74) is 5.49. The number of amides is 1. The molecule has 6 nitrogen and oxygen atoms in total. The van der Waals surface area contributed by atoms with Gasteiger partial charge in [-0.15, -0.1) is 0 Å². The van der Waals surface area contributed by atoms with Gasteiger partial charge < -0.3 is 15.8 Å². The minimum atomic E-state index is 0.0300. The lowest BCUT2D eigenvalue weighted by atomic mass is 9.91. The SMILES string of the molecule is CC(C)(C)CC(=O)N1CCN(CC(N)=NO)CC1. The molecule has 0 aromatic rings. The van der Waals surface area contributed by atoms with Crippen LogP contribution in [0.2, 0.25) is 0 Å². The second kappa shape index (κ2) is 6.04. The summed E-state index contributed by atoms with van der Waals surface area (Å²) in [7, 11) is 0. The van der Waals surface area contributed by atoms with Gasteiger partial charge in [-0.3, -0.25) is 9.69 Å². The Labute approximate surface area is 108 Å². The number of nitrogens with two attached hydrogens (primary N) is 1. The van der Waals surface area contributed by atoms with Crippen molar-refractivity contribution in [3.8, 4) is 0 Å². The summed E-state index contributed by atoms with van der Waals surface area (Å²) in [5.74, 6) is 0.426. The first-order chi connectivity index (χ1) is 8.31. The zero-order chi connectivity index (χ0) is 13.8. The van der Waals surface area contributed by atoms with Crippen LogP contribution in [0.15, 0.2) is 5.16 Å². The first-order valence-electron chi connectivity index (χ1n) is 6.28. The van der Waals surface area contributed by atoms with Crippen LogP contribution in [0.1, 0.15) is 27.2 Å². The largest absolute Gasteiger partial charge is 0.409 e. The maximum Gasteiger partial charge on any atom is 0.223 e. The van der Waals surface area contributed by atoms with Crippen molar-refractivity contribution >= 4 is 11.7 Å². The molecule has 0 radical (unpaired) electrons. The van der Waals surface area contributed by atoms with E-state index in [2.05, 4.69) is 30.8 Å². The molecule has 0 aromatic heterocycles. The van der Waals surface area contributed by atoms with Crippen molar-refractivity contribution in [2.75, 3.05) is 32.7 Å². The van der Waals surface area contributed by atoms with E-state index in [0.717, 1.165) is 13.1 Å². The fourth-order valence-corrected chi connectivity index (χ4v) is 1.98. The van der Waals surface area contributed by atoms with Crippen molar-refractivity contribution < 1.29 is 10.0 Å². The second-order valence-electron chi connectivity index (χ2n) is 5.99. The summed E-state index contributed by atoms with van der Waals surface area (Å²) in [5, 5.41) is 11.5. The van der Waals surface area contributed by atoms with Crippen molar-refractivity contribution in [2.45, 2.75) is 27.2 Å². The van der Waals surface area contributed by atoms with Crippen molar-refractivity contribution in [1.82, 2.24) is 9.80 Å². The Kier molecular flexibility index (Phi) is 4.95. The van der Waals surface area contributed by atoms with E-state index in [0.29, 0.717) is 26.1 Å². The number of hydrogen-bond acceptors (Lipinski definition) is 4. The molecule has 0 bridgehead atoms. The van der Waals surface area contributed by atoms with Gasteiger partial charge in [0.2, 0.25) is 5.91 Å². The van der Waals surface area contributed by atoms with Crippen LogP contribution in [0.25, 0.3) is 0 Å². The fourth-order valence-electron chi connectivity index (χ4n) is 1.98. The monoisotopic (exact) mass is 256 g/mol. The maximum absolute atomic E-state index is 12.0. The van der Waals surface area contributed by atoms with E-state index in [9.17, 15) is 4.79 Å². The summed E-state index contributed by atoms with van der Waals surface area (Å²) in [4.78, 5) is 16.0. The molecule has 1 fully saturated rings. The third-order valence-corrected chi connectivity index (χ3v) is 2.92. The van der Waals surface area contributed by atoms with Crippen molar-refractivity contribution in [1.29, 1.82) is 0 Å². The van der Waals surface area contributed by atoms with Gasteiger partial charge in [-0.2, -0.15) is 0 Å². The molecule has 18 heavy (non-hydrogen) atoms. The van der Waals surface area contributed by atoms with E-state index in [1.165, 1.54) is 0 Å². The van der Waals surface area contributed by atoms with Gasteiger partial charge >= 0.3 is 0 Å². The Hall–Kier alpha value is -1.30. The molecule has 1 rings (SSSR count). The van der Waals surface area contributed by atoms with E-state index in [1.54, 1.807) is 0 Å². The molecule has 1 aliphatic rings. The van der Waals surface area contributed by atoms with Gasteiger partial charge in [0.1, 0.15) is 0 Å². The first kappa shape index (κ1) is 14.8. The van der Waals surface area contributed by atoms with E-state index in [-0.39, 0.29) is 17.2 Å². The molecular formula is C12H24N4O2. The molecule has 104 valence electrons. The fraction of sp³-hybridized carbons (Fsp3) is 0.833. The summed E-state index contributed by atoms with van der Waals surface area (Å²) < 4.78 is 0. The molecule has 1 aliphatic heterocycles. The third kappa shape index (κ3) is 4.91. The lowest BCUT2D eigenvalue weighted by Gasteiger charge is -2.35. The highest BCUT2D eigenvalue weighted by molar-refractivity contribution is 5.81. The third-order valence-electron chi connectivity index (χ3n) is 2.92. The summed E-state index contributed by atoms with van der Waals surface area (Å²) >= 11 is 0. The maximum atomic E-state index is 12.0. The molecule has 0 spiro atoms. The molecule has 0 aromatic carbocycles. The summed E-state index contributed by atoms with van der Waals surface area (Å²) in [6.45, 7) is 9.63. The van der Waals surface area contributed by atoms with Crippen molar-refractivity contribution in [2.24, 2.45) is 16.3 Å². The van der Waals surface area contributed by atoms with E-state index in [4.69, 9.17) is 10.9 Å². The van der Waals surface area contributed by atoms with Gasteiger partial charge in [0.05, 0.1) is 6.54 Å². The van der Waals surface area contributed by atoms with Crippen LogP contribution in [0.4, 0.5) is 0 Å². The predicted octanol–water partition coefficient (Wildman–Crippen LogP) is 0.313. The standard InChI is InChI=1S/C12H24N4O2/c1-12(2,3)8-11(17)16-6-4-15(5-7-16)9-10(13)14-18/h18H,4-9H2,1-3H3,(H2,13,14). The van der Waals surface area contributed by atoms with Crippen LogP contribution in [-0.4, -0.2) is 59.5 Å². The van der Waals surface area contributed by atoms with Gasteiger partial charge in [-0.05, 0) is 5.41 Å². The Bertz CT molecular complexity index is 315. The summed E-state index contributed by atoms with van der Waals surface area (Å²) in [6, 6.07) is 0. The highest BCUT2D eigenvalue weighted by atomic mass is 16.4. The molecule has 1 heterocycles. The highest BCUT2D eigenvalue weighted by Gasteiger charge is 2.24. The van der Waals surface area contributed by atoms with Gasteiger partial charge in [0.25, 0.3) is 0 Å². The van der Waals surface area contributed by atoms with E-state index in [1.807, 2.05) is 4.90 Å². The quantitative estimate of drug-likeness (QED) is 0.329. The molecular weight excluding hydrogens is 232 g/mol. The van der Waals surface area contributed by atoms with Gasteiger partial charge in [-0.25, -0.2) is 0 Å². The molecule has 0 unspecified atom stereocenters. The Morgan fingerprint density at radius 1 is 1.28 bits per heavy atom. The van der Waals surface area contributed by atoms with Crippen LogP contribution in [0, 0.1) is 5.41 Å². The van der Waals surface area contributed by atoms with Crippen LogP contribution < -0.4 is 5.73 Å². The molecule has 0 atom stereocenters. The van der Waals surface area contributed by atoms with Crippen molar-refractivity contribution in [3.63, 3.8) is 0 Å². The number of piperazine rings is 1. The highest BCUT2D eigenvalue weighted by Crippen LogP contribution is 2.20. The predicted molar refractivity (Wildman–Crippen MR) is 70.5 cm³/mol. The number of amidine groups is 1. The normalized spacial score (nSPS) is 19.1. The van der Waals surface area contributed by atoms with Gasteiger partial charge in [0, 0.05) is 32.6 Å².